The van der Waals surface area contributed by atoms with Gasteiger partial charge in [0.15, 0.2) is 0 Å². The number of hydrogen-bond acceptors (Lipinski definition) is 4. The summed E-state index contributed by atoms with van der Waals surface area (Å²) in [5, 5.41) is 7.19. The van der Waals surface area contributed by atoms with Crippen molar-refractivity contribution < 1.29 is 9.47 Å². The Morgan fingerprint density at radius 2 is 1.28 bits per heavy atom. The smallest absolute Gasteiger partial charge is 0.140 e. The molecule has 1 aliphatic carbocycles. The Kier molecular flexibility index (Phi) is 3.17. The van der Waals surface area contributed by atoms with Gasteiger partial charge in [0.2, 0.25) is 0 Å². The minimum atomic E-state index is -0.0373. The molecule has 2 atom stereocenters. The van der Waals surface area contributed by atoms with Crippen LogP contribution >= 0.6 is 0 Å². The Morgan fingerprint density at radius 1 is 0.833 bits per heavy atom. The van der Waals surface area contributed by atoms with Crippen LogP contribution in [0.15, 0.2) is 0 Å². The summed E-state index contributed by atoms with van der Waals surface area (Å²) in [5.41, 5.74) is 0.316. The second kappa shape index (κ2) is 4.44. The van der Waals surface area contributed by atoms with E-state index in [1.165, 1.54) is 32.1 Å². The van der Waals surface area contributed by atoms with E-state index in [9.17, 15) is 0 Å². The van der Waals surface area contributed by atoms with Crippen LogP contribution in [0, 0.1) is 5.41 Å². The molecule has 2 unspecified atom stereocenters. The number of epoxide rings is 2. The molecule has 18 heavy (non-hydrogen) atoms. The average molecular weight is 254 g/mol. The molecule has 4 nitrogen and oxygen atoms in total. The van der Waals surface area contributed by atoms with Gasteiger partial charge in [-0.15, -0.1) is 0 Å². The summed E-state index contributed by atoms with van der Waals surface area (Å²) in [4.78, 5) is 0. The normalized spacial score (nSPS) is 41.7. The van der Waals surface area contributed by atoms with Crippen LogP contribution in [0.1, 0.15) is 46.0 Å². The van der Waals surface area contributed by atoms with Crippen LogP contribution in [0.25, 0.3) is 0 Å². The van der Waals surface area contributed by atoms with Crippen LogP contribution in [0.2, 0.25) is 0 Å². The van der Waals surface area contributed by atoms with E-state index in [4.69, 9.17) is 9.47 Å². The number of ether oxygens (including phenoxy) is 2. The van der Waals surface area contributed by atoms with Crippen molar-refractivity contribution in [2.45, 2.75) is 57.4 Å². The molecule has 0 bridgehead atoms. The van der Waals surface area contributed by atoms with Gasteiger partial charge in [-0.05, 0) is 32.1 Å². The third-order valence-electron chi connectivity index (χ3n) is 4.74. The van der Waals surface area contributed by atoms with Crippen LogP contribution in [0.4, 0.5) is 0 Å². The first-order valence-electron chi connectivity index (χ1n) is 7.31. The van der Waals surface area contributed by atoms with E-state index in [2.05, 4.69) is 24.5 Å². The molecular formula is C14H26N2O2. The van der Waals surface area contributed by atoms with Crippen molar-refractivity contribution in [2.75, 3.05) is 26.3 Å². The van der Waals surface area contributed by atoms with Crippen LogP contribution in [0.3, 0.4) is 0 Å². The van der Waals surface area contributed by atoms with Gasteiger partial charge < -0.3 is 9.47 Å². The minimum Gasteiger partial charge on any atom is -0.354 e. The first kappa shape index (κ1) is 12.9. The molecule has 104 valence electrons. The topological polar surface area (TPSA) is 49.1 Å². The number of nitrogens with one attached hydrogen (secondary N) is 2. The lowest BCUT2D eigenvalue weighted by atomic mass is 9.73. The summed E-state index contributed by atoms with van der Waals surface area (Å²) in [7, 11) is 0. The fraction of sp³-hybridized carbons (Fsp3) is 1.00. The van der Waals surface area contributed by atoms with Crippen LogP contribution in [-0.2, 0) is 9.47 Å². The quantitative estimate of drug-likeness (QED) is 0.707. The predicted molar refractivity (Wildman–Crippen MR) is 70.2 cm³/mol. The largest absolute Gasteiger partial charge is 0.354 e. The van der Waals surface area contributed by atoms with Crippen molar-refractivity contribution >= 4 is 0 Å². The number of rotatable bonds is 6. The molecule has 3 fully saturated rings. The van der Waals surface area contributed by atoms with E-state index in [1.54, 1.807) is 0 Å². The Bertz CT molecular complexity index is 281. The zero-order valence-electron chi connectivity index (χ0n) is 11.7. The van der Waals surface area contributed by atoms with Gasteiger partial charge in [0.25, 0.3) is 0 Å². The first-order chi connectivity index (χ1) is 8.54. The van der Waals surface area contributed by atoms with Crippen LogP contribution in [-0.4, -0.2) is 37.8 Å². The third-order valence-corrected chi connectivity index (χ3v) is 4.74. The standard InChI is InChI=1S/C14H26N2O2/c1-12(10-17-12)15-8-14(6-4-3-5-7-14)9-16-13(2)11-18-13/h15-16H,3-11H2,1-2H3. The molecule has 0 spiro atoms. The van der Waals surface area contributed by atoms with E-state index in [0.717, 1.165) is 26.3 Å². The molecule has 0 aromatic rings. The maximum absolute atomic E-state index is 5.43. The maximum atomic E-state index is 5.43. The van der Waals surface area contributed by atoms with Crippen molar-refractivity contribution in [3.05, 3.63) is 0 Å². The Morgan fingerprint density at radius 3 is 1.67 bits per heavy atom. The molecular weight excluding hydrogens is 228 g/mol. The van der Waals surface area contributed by atoms with Crippen LogP contribution < -0.4 is 10.6 Å². The zero-order chi connectivity index (χ0) is 12.7. The highest BCUT2D eigenvalue weighted by atomic mass is 16.6. The highest BCUT2D eigenvalue weighted by molar-refractivity contribution is 4.95. The molecule has 1 saturated carbocycles. The zero-order valence-corrected chi connectivity index (χ0v) is 11.7. The summed E-state index contributed by atoms with van der Waals surface area (Å²) in [6.45, 7) is 8.12. The Hall–Kier alpha value is -0.160. The van der Waals surface area contributed by atoms with Crippen molar-refractivity contribution in [2.24, 2.45) is 5.41 Å². The molecule has 3 rings (SSSR count). The SMILES string of the molecule is CC1(NCC2(CNC3(C)CO3)CCCCC2)CO1. The highest BCUT2D eigenvalue weighted by Crippen LogP contribution is 2.37. The second-order valence-electron chi connectivity index (χ2n) is 6.81. The molecule has 2 saturated heterocycles. The van der Waals surface area contributed by atoms with Gasteiger partial charge in [-0.3, -0.25) is 10.6 Å². The van der Waals surface area contributed by atoms with Gasteiger partial charge in [-0.2, -0.15) is 0 Å². The predicted octanol–water partition coefficient (Wildman–Crippen LogP) is 1.61. The second-order valence-corrected chi connectivity index (χ2v) is 6.81. The lowest BCUT2D eigenvalue weighted by molar-refractivity contribution is 0.132. The third kappa shape index (κ3) is 3.05. The van der Waals surface area contributed by atoms with Gasteiger partial charge in [-0.25, -0.2) is 0 Å². The van der Waals surface area contributed by atoms with Crippen molar-refractivity contribution in [3.63, 3.8) is 0 Å². The van der Waals surface area contributed by atoms with Gasteiger partial charge in [0.05, 0.1) is 13.2 Å². The molecule has 3 aliphatic rings. The van der Waals surface area contributed by atoms with Gasteiger partial charge >= 0.3 is 0 Å². The molecule has 0 aromatic heterocycles. The van der Waals surface area contributed by atoms with E-state index in [1.807, 2.05) is 0 Å². The van der Waals surface area contributed by atoms with E-state index in [-0.39, 0.29) is 11.4 Å². The minimum absolute atomic E-state index is 0.0373. The fourth-order valence-corrected chi connectivity index (χ4v) is 2.89. The van der Waals surface area contributed by atoms with Gasteiger partial charge in [0, 0.05) is 13.1 Å². The van der Waals surface area contributed by atoms with Crippen molar-refractivity contribution in [1.29, 1.82) is 0 Å². The van der Waals surface area contributed by atoms with E-state index >= 15 is 0 Å². The lowest BCUT2D eigenvalue weighted by Crippen LogP contribution is -2.49. The van der Waals surface area contributed by atoms with Crippen molar-refractivity contribution in [3.8, 4) is 0 Å². The van der Waals surface area contributed by atoms with Crippen LogP contribution in [0.5, 0.6) is 0 Å². The van der Waals surface area contributed by atoms with Crippen molar-refractivity contribution in [1.82, 2.24) is 10.6 Å². The summed E-state index contributed by atoms with van der Waals surface area (Å²) in [6.07, 6.45) is 6.75. The molecule has 2 N–H and O–H groups in total. The Labute approximate surface area is 110 Å². The summed E-state index contributed by atoms with van der Waals surface area (Å²) in [5.74, 6) is 0. The summed E-state index contributed by atoms with van der Waals surface area (Å²) in [6, 6.07) is 0. The molecule has 0 amide bonds. The summed E-state index contributed by atoms with van der Waals surface area (Å²) < 4.78 is 10.9. The van der Waals surface area contributed by atoms with E-state index < -0.39 is 0 Å². The summed E-state index contributed by atoms with van der Waals surface area (Å²) >= 11 is 0. The van der Waals surface area contributed by atoms with Gasteiger partial charge in [-0.1, -0.05) is 19.3 Å². The van der Waals surface area contributed by atoms with E-state index in [0.29, 0.717) is 5.41 Å². The lowest BCUT2D eigenvalue weighted by Gasteiger charge is -2.39. The monoisotopic (exact) mass is 254 g/mol. The highest BCUT2D eigenvalue weighted by Gasteiger charge is 2.44. The molecule has 2 heterocycles. The molecule has 0 radical (unpaired) electrons. The number of hydrogen-bond donors (Lipinski definition) is 2. The molecule has 4 heteroatoms. The first-order valence-corrected chi connectivity index (χ1v) is 7.31. The molecule has 2 aliphatic heterocycles. The average Bonchev–Trinajstić information content (AvgIpc) is 3.28. The fourth-order valence-electron chi connectivity index (χ4n) is 2.89. The van der Waals surface area contributed by atoms with Gasteiger partial charge in [0.1, 0.15) is 11.4 Å². The molecule has 0 aromatic carbocycles. The Balaban J connectivity index is 1.55. The maximum Gasteiger partial charge on any atom is 0.140 e.